The molecule has 2 atom stereocenters. The summed E-state index contributed by atoms with van der Waals surface area (Å²) in [6.07, 6.45) is 1.42. The van der Waals surface area contributed by atoms with Gasteiger partial charge in [-0.05, 0) is 48.2 Å². The standard InChI is InChI=1S/C17H17FN2O2S/c18-13-4-2-5-15(9-13)23(21,22)20-14-7-11-3-1-6-16-17(11)12(8-14)10-19-16/h1-6,9,12,14,19-20H,7-8,10H2. The van der Waals surface area contributed by atoms with Crippen molar-refractivity contribution in [2.45, 2.75) is 29.7 Å². The molecule has 1 aliphatic carbocycles. The number of hydrogen-bond acceptors (Lipinski definition) is 3. The van der Waals surface area contributed by atoms with Crippen molar-refractivity contribution >= 4 is 15.7 Å². The van der Waals surface area contributed by atoms with Crippen LogP contribution in [0.1, 0.15) is 23.5 Å². The summed E-state index contributed by atoms with van der Waals surface area (Å²) >= 11 is 0. The van der Waals surface area contributed by atoms with E-state index in [-0.39, 0.29) is 10.9 Å². The number of nitrogens with one attached hydrogen (secondary N) is 2. The number of benzene rings is 2. The van der Waals surface area contributed by atoms with Crippen molar-refractivity contribution < 1.29 is 12.8 Å². The summed E-state index contributed by atoms with van der Waals surface area (Å²) in [5, 5.41) is 3.38. The smallest absolute Gasteiger partial charge is 0.240 e. The zero-order valence-electron chi connectivity index (χ0n) is 12.4. The summed E-state index contributed by atoms with van der Waals surface area (Å²) in [4.78, 5) is -0.0263. The first kappa shape index (κ1) is 14.7. The largest absolute Gasteiger partial charge is 0.384 e. The van der Waals surface area contributed by atoms with Crippen LogP contribution < -0.4 is 10.0 Å². The molecule has 0 saturated heterocycles. The first-order valence-corrected chi connectivity index (χ1v) is 9.15. The Kier molecular flexibility index (Phi) is 3.39. The van der Waals surface area contributed by atoms with Gasteiger partial charge in [0.05, 0.1) is 4.90 Å². The van der Waals surface area contributed by atoms with Crippen LogP contribution in [0.2, 0.25) is 0 Å². The lowest BCUT2D eigenvalue weighted by atomic mass is 9.82. The summed E-state index contributed by atoms with van der Waals surface area (Å²) in [6, 6.07) is 11.1. The molecule has 0 fully saturated rings. The fourth-order valence-electron chi connectivity index (χ4n) is 3.67. The lowest BCUT2D eigenvalue weighted by Gasteiger charge is -2.28. The Balaban J connectivity index is 1.60. The van der Waals surface area contributed by atoms with Gasteiger partial charge < -0.3 is 5.32 Å². The van der Waals surface area contributed by atoms with Crippen LogP contribution >= 0.6 is 0 Å². The van der Waals surface area contributed by atoms with E-state index in [2.05, 4.69) is 22.2 Å². The molecule has 23 heavy (non-hydrogen) atoms. The molecule has 2 aromatic rings. The quantitative estimate of drug-likeness (QED) is 0.908. The Morgan fingerprint density at radius 2 is 2.00 bits per heavy atom. The second-order valence-corrected chi connectivity index (χ2v) is 7.89. The van der Waals surface area contributed by atoms with Gasteiger partial charge in [0.15, 0.2) is 0 Å². The molecular formula is C17H17FN2O2S. The fraction of sp³-hybridized carbons (Fsp3) is 0.294. The van der Waals surface area contributed by atoms with Gasteiger partial charge in [-0.2, -0.15) is 0 Å². The zero-order chi connectivity index (χ0) is 16.0. The monoisotopic (exact) mass is 332 g/mol. The van der Waals surface area contributed by atoms with Gasteiger partial charge in [-0.15, -0.1) is 0 Å². The summed E-state index contributed by atoms with van der Waals surface area (Å²) in [5.74, 6) is -0.221. The molecule has 2 unspecified atom stereocenters. The average molecular weight is 332 g/mol. The number of sulfonamides is 1. The summed E-state index contributed by atoms with van der Waals surface area (Å²) in [5.41, 5.74) is 3.68. The molecule has 0 aromatic heterocycles. The van der Waals surface area contributed by atoms with E-state index in [0.29, 0.717) is 12.3 Å². The minimum absolute atomic E-state index is 0.0263. The highest BCUT2D eigenvalue weighted by molar-refractivity contribution is 7.89. The number of rotatable bonds is 3. The van der Waals surface area contributed by atoms with Crippen LogP contribution in [-0.4, -0.2) is 21.0 Å². The second-order valence-electron chi connectivity index (χ2n) is 6.17. The lowest BCUT2D eigenvalue weighted by molar-refractivity contribution is 0.470. The Hall–Kier alpha value is -1.92. The van der Waals surface area contributed by atoms with Crippen molar-refractivity contribution in [3.8, 4) is 0 Å². The zero-order valence-corrected chi connectivity index (χ0v) is 13.2. The van der Waals surface area contributed by atoms with Crippen molar-refractivity contribution in [1.82, 2.24) is 4.72 Å². The van der Waals surface area contributed by atoms with E-state index in [1.54, 1.807) is 0 Å². The molecule has 2 aliphatic rings. The Labute approximate surface area is 134 Å². The van der Waals surface area contributed by atoms with E-state index in [1.807, 2.05) is 6.07 Å². The molecule has 4 nitrogen and oxygen atoms in total. The fourth-order valence-corrected chi connectivity index (χ4v) is 4.95. The van der Waals surface area contributed by atoms with E-state index in [9.17, 15) is 12.8 Å². The van der Waals surface area contributed by atoms with Crippen LogP contribution in [0.5, 0.6) is 0 Å². The maximum atomic E-state index is 13.3. The van der Waals surface area contributed by atoms with E-state index < -0.39 is 15.8 Å². The van der Waals surface area contributed by atoms with Crippen molar-refractivity contribution in [3.63, 3.8) is 0 Å². The third kappa shape index (κ3) is 2.62. The van der Waals surface area contributed by atoms with Gasteiger partial charge >= 0.3 is 0 Å². The summed E-state index contributed by atoms with van der Waals surface area (Å²) in [7, 11) is -3.71. The lowest BCUT2D eigenvalue weighted by Crippen LogP contribution is -2.40. The number of halogens is 1. The van der Waals surface area contributed by atoms with E-state index in [4.69, 9.17) is 0 Å². The minimum atomic E-state index is -3.71. The van der Waals surface area contributed by atoms with Gasteiger partial charge in [0.2, 0.25) is 10.0 Å². The van der Waals surface area contributed by atoms with Gasteiger partial charge in [0, 0.05) is 24.2 Å². The van der Waals surface area contributed by atoms with Gasteiger partial charge in [0.1, 0.15) is 5.82 Å². The highest BCUT2D eigenvalue weighted by Gasteiger charge is 2.34. The SMILES string of the molecule is O=S(=O)(NC1Cc2cccc3c2C(CN3)C1)c1cccc(F)c1. The van der Waals surface area contributed by atoms with Crippen molar-refractivity contribution in [3.05, 3.63) is 59.4 Å². The summed E-state index contributed by atoms with van der Waals surface area (Å²) in [6.45, 7) is 0.838. The van der Waals surface area contributed by atoms with E-state index >= 15 is 0 Å². The highest BCUT2D eigenvalue weighted by Crippen LogP contribution is 2.41. The van der Waals surface area contributed by atoms with Crippen LogP contribution in [0.25, 0.3) is 0 Å². The Morgan fingerprint density at radius 1 is 1.17 bits per heavy atom. The Bertz CT molecular complexity index is 867. The first-order chi connectivity index (χ1) is 11.0. The van der Waals surface area contributed by atoms with Crippen molar-refractivity contribution in [1.29, 1.82) is 0 Å². The molecule has 2 aromatic carbocycles. The molecule has 0 bridgehead atoms. The second kappa shape index (κ2) is 5.32. The molecule has 120 valence electrons. The summed E-state index contributed by atoms with van der Waals surface area (Å²) < 4.78 is 41.0. The molecule has 0 saturated carbocycles. The topological polar surface area (TPSA) is 58.2 Å². The van der Waals surface area contributed by atoms with Crippen molar-refractivity contribution in [2.75, 3.05) is 11.9 Å². The highest BCUT2D eigenvalue weighted by atomic mass is 32.2. The molecule has 0 amide bonds. The molecule has 1 aliphatic heterocycles. The van der Waals surface area contributed by atoms with E-state index in [0.717, 1.165) is 19.0 Å². The maximum absolute atomic E-state index is 13.3. The van der Waals surface area contributed by atoms with Crippen LogP contribution in [0.3, 0.4) is 0 Å². The molecular weight excluding hydrogens is 315 g/mol. The normalized spacial score (nSPS) is 22.5. The molecule has 2 N–H and O–H groups in total. The van der Waals surface area contributed by atoms with Gasteiger partial charge in [-0.3, -0.25) is 0 Å². The maximum Gasteiger partial charge on any atom is 0.240 e. The van der Waals surface area contributed by atoms with Crippen molar-refractivity contribution in [2.24, 2.45) is 0 Å². The van der Waals surface area contributed by atoms with Crippen LogP contribution in [0.15, 0.2) is 47.4 Å². The van der Waals surface area contributed by atoms with Crippen LogP contribution in [0.4, 0.5) is 10.1 Å². The molecule has 0 radical (unpaired) electrons. The molecule has 0 spiro atoms. The minimum Gasteiger partial charge on any atom is -0.384 e. The van der Waals surface area contributed by atoms with Gasteiger partial charge in [0.25, 0.3) is 0 Å². The van der Waals surface area contributed by atoms with Gasteiger partial charge in [-0.1, -0.05) is 18.2 Å². The third-order valence-electron chi connectivity index (χ3n) is 4.61. The molecule has 6 heteroatoms. The van der Waals surface area contributed by atoms with Crippen LogP contribution in [-0.2, 0) is 16.4 Å². The predicted octanol–water partition coefficient (Wildman–Crippen LogP) is 2.63. The average Bonchev–Trinajstić information content (AvgIpc) is 2.92. The first-order valence-electron chi connectivity index (χ1n) is 7.66. The number of anilines is 1. The molecule has 4 rings (SSSR count). The van der Waals surface area contributed by atoms with E-state index in [1.165, 1.54) is 35.0 Å². The predicted molar refractivity (Wildman–Crippen MR) is 86.5 cm³/mol. The van der Waals surface area contributed by atoms with Gasteiger partial charge in [-0.25, -0.2) is 17.5 Å². The Morgan fingerprint density at radius 3 is 2.83 bits per heavy atom. The third-order valence-corrected chi connectivity index (χ3v) is 6.13. The number of hydrogen-bond donors (Lipinski definition) is 2. The molecule has 1 heterocycles. The van der Waals surface area contributed by atoms with Crippen LogP contribution in [0, 0.1) is 5.82 Å².